The number of hydrogen-bond acceptors (Lipinski definition) is 7. The predicted molar refractivity (Wildman–Crippen MR) is 143 cm³/mol. The third kappa shape index (κ3) is 6.11. The molecule has 9 nitrogen and oxygen atoms in total. The van der Waals surface area contributed by atoms with Crippen LogP contribution in [0.2, 0.25) is 0 Å². The van der Waals surface area contributed by atoms with Crippen LogP contribution in [-0.2, 0) is 17.5 Å². The third-order valence-electron chi connectivity index (χ3n) is 6.48. The van der Waals surface area contributed by atoms with Crippen molar-refractivity contribution >= 4 is 34.2 Å². The third-order valence-corrected chi connectivity index (χ3v) is 7.61. The normalized spacial score (nSPS) is 14.4. The fourth-order valence-corrected chi connectivity index (χ4v) is 5.36. The molecule has 2 aromatic carbocycles. The molecule has 4 aromatic rings. The molecule has 210 valence electrons. The zero-order valence-corrected chi connectivity index (χ0v) is 22.1. The van der Waals surface area contributed by atoms with Crippen molar-refractivity contribution in [2.45, 2.75) is 12.8 Å². The first-order chi connectivity index (χ1) is 19.2. The van der Waals surface area contributed by atoms with E-state index in [2.05, 4.69) is 15.2 Å². The number of nitrogens with zero attached hydrogens (tertiary/aromatic N) is 3. The largest absolute Gasteiger partial charge is 0.487 e. The second-order valence-corrected chi connectivity index (χ2v) is 10.1. The Morgan fingerprint density at radius 2 is 1.90 bits per heavy atom. The number of carbonyl (C=O) groups excluding carboxylic acids is 2. The Hall–Kier alpha value is -3.94. The van der Waals surface area contributed by atoms with Crippen molar-refractivity contribution in [2.24, 2.45) is 5.73 Å². The fraction of sp³-hybridized carbons (Fsp3) is 0.296. The number of nitrogens with one attached hydrogen (secondary N) is 1. The minimum atomic E-state index is -4.54. The van der Waals surface area contributed by atoms with Gasteiger partial charge in [-0.3, -0.25) is 19.1 Å². The number of benzene rings is 2. The number of fused-ring (bicyclic) bond motifs is 1. The number of rotatable bonds is 9. The van der Waals surface area contributed by atoms with Crippen molar-refractivity contribution in [3.8, 4) is 10.8 Å². The molecule has 0 saturated carbocycles. The van der Waals surface area contributed by atoms with Crippen LogP contribution in [0.25, 0.3) is 16.0 Å². The lowest BCUT2D eigenvalue weighted by atomic mass is 10.1. The minimum absolute atomic E-state index is 0.0672. The molecule has 0 unspecified atom stereocenters. The summed E-state index contributed by atoms with van der Waals surface area (Å²) in [5, 5.41) is 3.45. The van der Waals surface area contributed by atoms with Gasteiger partial charge in [-0.05, 0) is 24.3 Å². The maximum Gasteiger partial charge on any atom is 0.416 e. The number of carbonyl (C=O) groups is 2. The number of nitrogens with two attached hydrogens (primary N) is 1. The van der Waals surface area contributed by atoms with E-state index < -0.39 is 24.3 Å². The summed E-state index contributed by atoms with van der Waals surface area (Å²) in [6.07, 6.45) is -3.01. The van der Waals surface area contributed by atoms with E-state index in [4.69, 9.17) is 15.2 Å². The summed E-state index contributed by atoms with van der Waals surface area (Å²) < 4.78 is 52.8. The Morgan fingerprint density at radius 1 is 1.12 bits per heavy atom. The average molecular weight is 574 g/mol. The van der Waals surface area contributed by atoms with E-state index in [0.29, 0.717) is 41.4 Å². The molecule has 2 amide bonds. The molecule has 0 atom stereocenters. The molecular formula is C27H26F3N5O4S. The van der Waals surface area contributed by atoms with E-state index in [0.717, 1.165) is 37.0 Å². The molecule has 2 aromatic heterocycles. The first-order valence-electron chi connectivity index (χ1n) is 12.5. The summed E-state index contributed by atoms with van der Waals surface area (Å²) in [5.41, 5.74) is 6.33. The number of primary amides is 1. The highest BCUT2D eigenvalue weighted by atomic mass is 32.1. The van der Waals surface area contributed by atoms with Crippen LogP contribution < -0.4 is 15.8 Å². The predicted octanol–water partition coefficient (Wildman–Crippen LogP) is 3.85. The summed E-state index contributed by atoms with van der Waals surface area (Å²) in [6, 6.07) is 11.7. The topological polar surface area (TPSA) is 112 Å². The molecule has 5 rings (SSSR count). The molecule has 40 heavy (non-hydrogen) atoms. The van der Waals surface area contributed by atoms with Crippen molar-refractivity contribution in [1.29, 1.82) is 0 Å². The number of thiophene rings is 1. The molecule has 3 heterocycles. The monoisotopic (exact) mass is 573 g/mol. The van der Waals surface area contributed by atoms with Gasteiger partial charge in [0.2, 0.25) is 0 Å². The van der Waals surface area contributed by atoms with Gasteiger partial charge in [0.1, 0.15) is 28.6 Å². The lowest BCUT2D eigenvalue weighted by Gasteiger charge is -2.26. The van der Waals surface area contributed by atoms with Gasteiger partial charge in [-0.2, -0.15) is 13.2 Å². The Labute approximate surface area is 231 Å². The second kappa shape index (κ2) is 11.7. The molecule has 1 aliphatic rings. The van der Waals surface area contributed by atoms with Crippen LogP contribution in [0.15, 0.2) is 54.9 Å². The lowest BCUT2D eigenvalue weighted by molar-refractivity contribution is -0.138. The first kappa shape index (κ1) is 27.6. The van der Waals surface area contributed by atoms with E-state index in [-0.39, 0.29) is 22.1 Å². The van der Waals surface area contributed by atoms with Gasteiger partial charge in [0, 0.05) is 43.4 Å². The molecule has 0 aliphatic carbocycles. The van der Waals surface area contributed by atoms with Gasteiger partial charge in [0.15, 0.2) is 0 Å². The van der Waals surface area contributed by atoms with Crippen molar-refractivity contribution in [3.63, 3.8) is 0 Å². The maximum absolute atomic E-state index is 13.4. The number of halogens is 3. The summed E-state index contributed by atoms with van der Waals surface area (Å²) in [6.45, 7) is 3.91. The lowest BCUT2D eigenvalue weighted by Crippen LogP contribution is -2.41. The smallest absolute Gasteiger partial charge is 0.416 e. The minimum Gasteiger partial charge on any atom is -0.487 e. The Morgan fingerprint density at radius 3 is 2.65 bits per heavy atom. The Balaban J connectivity index is 1.32. The molecule has 1 saturated heterocycles. The molecule has 13 heteroatoms. The van der Waals surface area contributed by atoms with Crippen LogP contribution in [0, 0.1) is 0 Å². The van der Waals surface area contributed by atoms with Crippen LogP contribution in [0.1, 0.15) is 31.2 Å². The SMILES string of the molecule is NC(=O)c1sc(-n2cnc3cc(C(=O)NCCN4CCOCC4)ccc32)cc1OCc1ccccc1C(F)(F)F. The van der Waals surface area contributed by atoms with Gasteiger partial charge >= 0.3 is 6.18 Å². The summed E-state index contributed by atoms with van der Waals surface area (Å²) >= 11 is 1.03. The van der Waals surface area contributed by atoms with Crippen molar-refractivity contribution in [3.05, 3.63) is 76.4 Å². The Bertz CT molecular complexity index is 1530. The van der Waals surface area contributed by atoms with Gasteiger partial charge < -0.3 is 20.5 Å². The summed E-state index contributed by atoms with van der Waals surface area (Å²) in [5.74, 6) is -0.912. The van der Waals surface area contributed by atoms with Gasteiger partial charge in [-0.25, -0.2) is 4.98 Å². The van der Waals surface area contributed by atoms with Gasteiger partial charge in [0.05, 0.1) is 29.8 Å². The van der Waals surface area contributed by atoms with E-state index >= 15 is 0 Å². The van der Waals surface area contributed by atoms with E-state index in [1.165, 1.54) is 30.6 Å². The van der Waals surface area contributed by atoms with E-state index in [1.54, 1.807) is 22.8 Å². The Kier molecular flexibility index (Phi) is 8.05. The van der Waals surface area contributed by atoms with E-state index in [9.17, 15) is 22.8 Å². The molecule has 1 fully saturated rings. The summed E-state index contributed by atoms with van der Waals surface area (Å²) in [4.78, 5) is 31.5. The van der Waals surface area contributed by atoms with Gasteiger partial charge in [-0.1, -0.05) is 18.2 Å². The summed E-state index contributed by atoms with van der Waals surface area (Å²) in [7, 11) is 0. The molecule has 3 N–H and O–H groups in total. The van der Waals surface area contributed by atoms with Gasteiger partial charge in [-0.15, -0.1) is 11.3 Å². The number of hydrogen-bond donors (Lipinski definition) is 2. The zero-order valence-electron chi connectivity index (χ0n) is 21.2. The van der Waals surface area contributed by atoms with Crippen molar-refractivity contribution in [1.82, 2.24) is 19.8 Å². The van der Waals surface area contributed by atoms with Crippen LogP contribution in [0.4, 0.5) is 13.2 Å². The second-order valence-electron chi connectivity index (χ2n) is 9.11. The quantitative estimate of drug-likeness (QED) is 0.315. The first-order valence-corrected chi connectivity index (χ1v) is 13.3. The van der Waals surface area contributed by atoms with Gasteiger partial charge in [0.25, 0.3) is 11.8 Å². The number of alkyl halides is 3. The van der Waals surface area contributed by atoms with E-state index in [1.807, 2.05) is 0 Å². The zero-order chi connectivity index (χ0) is 28.3. The maximum atomic E-state index is 13.4. The van der Waals surface area contributed by atoms with Crippen molar-refractivity contribution < 1.29 is 32.2 Å². The number of ether oxygens (including phenoxy) is 2. The van der Waals surface area contributed by atoms with Crippen LogP contribution in [0.5, 0.6) is 5.75 Å². The van der Waals surface area contributed by atoms with Crippen LogP contribution in [-0.4, -0.2) is 65.7 Å². The molecule has 0 spiro atoms. The molecule has 1 aliphatic heterocycles. The highest BCUT2D eigenvalue weighted by Crippen LogP contribution is 2.36. The number of imidazole rings is 1. The van der Waals surface area contributed by atoms with Crippen LogP contribution in [0.3, 0.4) is 0 Å². The van der Waals surface area contributed by atoms with Crippen LogP contribution >= 0.6 is 11.3 Å². The highest BCUT2D eigenvalue weighted by molar-refractivity contribution is 7.16. The number of morpholine rings is 1. The molecule has 0 radical (unpaired) electrons. The number of aromatic nitrogens is 2. The number of amides is 2. The molecule has 0 bridgehead atoms. The molecular weight excluding hydrogens is 547 g/mol. The highest BCUT2D eigenvalue weighted by Gasteiger charge is 2.33. The standard InChI is InChI=1S/C27H26F3N5O4S/c28-27(29,30)19-4-2-1-3-18(19)15-39-22-14-23(40-24(22)25(31)36)35-16-33-20-13-17(5-6-21(20)35)26(37)32-7-8-34-9-11-38-12-10-34/h1-6,13-14,16H,7-12,15H2,(H2,31,36)(H,32,37). The average Bonchev–Trinajstić information content (AvgIpc) is 3.56. The van der Waals surface area contributed by atoms with Crippen molar-refractivity contribution in [2.75, 3.05) is 39.4 Å². The fourth-order valence-electron chi connectivity index (χ4n) is 4.42.